The molecule has 0 saturated carbocycles. The average molecular weight is 370 g/mol. The van der Waals surface area contributed by atoms with Gasteiger partial charge in [0.2, 0.25) is 0 Å². The topological polar surface area (TPSA) is 73.9 Å². The maximum absolute atomic E-state index is 12.7. The Morgan fingerprint density at radius 3 is 2.81 bits per heavy atom. The zero-order valence-electron chi connectivity index (χ0n) is 15.9. The highest BCUT2D eigenvalue weighted by Gasteiger charge is 2.43. The van der Waals surface area contributed by atoms with E-state index in [1.807, 2.05) is 23.4 Å². The number of cyclic esters (lactones) is 1. The van der Waals surface area contributed by atoms with E-state index in [2.05, 4.69) is 36.7 Å². The monoisotopic (exact) mass is 370 g/mol. The van der Waals surface area contributed by atoms with Crippen molar-refractivity contribution in [3.8, 4) is 0 Å². The van der Waals surface area contributed by atoms with E-state index in [9.17, 15) is 9.59 Å². The number of fused-ring (bicyclic) bond motifs is 1. The molecule has 1 aliphatic carbocycles. The molecule has 2 N–H and O–H groups in total. The van der Waals surface area contributed by atoms with Crippen molar-refractivity contribution in [1.82, 2.24) is 20.7 Å². The van der Waals surface area contributed by atoms with Crippen molar-refractivity contribution in [2.45, 2.75) is 26.3 Å². The summed E-state index contributed by atoms with van der Waals surface area (Å²) < 4.78 is 5.04. The molecule has 4 rings (SSSR count). The summed E-state index contributed by atoms with van der Waals surface area (Å²) in [4.78, 5) is 26.2. The van der Waals surface area contributed by atoms with Crippen molar-refractivity contribution in [3.63, 3.8) is 0 Å². The maximum Gasteiger partial charge on any atom is 0.414 e. The molecule has 0 spiro atoms. The van der Waals surface area contributed by atoms with Gasteiger partial charge in [-0.15, -0.1) is 0 Å². The van der Waals surface area contributed by atoms with Crippen LogP contribution >= 0.6 is 0 Å². The van der Waals surface area contributed by atoms with Crippen LogP contribution in [0.5, 0.6) is 0 Å². The van der Waals surface area contributed by atoms with E-state index in [0.29, 0.717) is 30.9 Å². The molecule has 0 radical (unpaired) electrons. The maximum atomic E-state index is 12.7. The van der Waals surface area contributed by atoms with E-state index in [4.69, 9.17) is 4.74 Å². The van der Waals surface area contributed by atoms with Crippen molar-refractivity contribution in [1.29, 1.82) is 0 Å². The number of hydrazine groups is 1. The summed E-state index contributed by atoms with van der Waals surface area (Å²) in [7, 11) is 1.66. The standard InChI is InChI=1S/C20H26N4O3/c1-12-5-4-6-13(2)16(12)18-17(19(25)21-3)15-8-7-14(11-24(15)22-18)23-9-10-27-20(23)26/h4-5,7-8,11-13,16,18,22H,6,9-10H2,1-3H3,(H,21,25). The smallest absolute Gasteiger partial charge is 0.414 e. The Balaban J connectivity index is 1.69. The number of rotatable bonds is 3. The van der Waals surface area contributed by atoms with Gasteiger partial charge in [-0.3, -0.25) is 14.7 Å². The third-order valence-corrected chi connectivity index (χ3v) is 5.94. The molecule has 7 nitrogen and oxygen atoms in total. The van der Waals surface area contributed by atoms with Crippen LogP contribution in [0.2, 0.25) is 0 Å². The molecule has 0 aromatic heterocycles. The molecule has 1 fully saturated rings. The van der Waals surface area contributed by atoms with Gasteiger partial charge in [0.1, 0.15) is 6.61 Å². The summed E-state index contributed by atoms with van der Waals surface area (Å²) in [6.07, 6.45) is 10.8. The minimum atomic E-state index is -0.333. The van der Waals surface area contributed by atoms with Gasteiger partial charge in [-0.2, -0.15) is 0 Å². The van der Waals surface area contributed by atoms with Crippen molar-refractivity contribution in [2.24, 2.45) is 17.8 Å². The molecule has 0 aromatic rings. The van der Waals surface area contributed by atoms with E-state index in [-0.39, 0.29) is 18.0 Å². The summed E-state index contributed by atoms with van der Waals surface area (Å²) >= 11 is 0. The fraction of sp³-hybridized carbons (Fsp3) is 0.500. The van der Waals surface area contributed by atoms with Crippen LogP contribution < -0.4 is 10.7 Å². The van der Waals surface area contributed by atoms with Gasteiger partial charge in [0.05, 0.1) is 29.6 Å². The number of ether oxygens (including phenoxy) is 1. The van der Waals surface area contributed by atoms with Crippen molar-refractivity contribution in [2.75, 3.05) is 20.2 Å². The van der Waals surface area contributed by atoms with Gasteiger partial charge in [0.15, 0.2) is 0 Å². The first kappa shape index (κ1) is 17.9. The second-order valence-electron chi connectivity index (χ2n) is 7.59. The molecule has 0 bridgehead atoms. The molecule has 2 amide bonds. The molecule has 1 saturated heterocycles. The lowest BCUT2D eigenvalue weighted by Gasteiger charge is -2.36. The Hall–Kier alpha value is -2.54. The minimum absolute atomic E-state index is 0.0685. The zero-order valence-corrected chi connectivity index (χ0v) is 15.9. The molecular formula is C20H26N4O3. The van der Waals surface area contributed by atoms with Gasteiger partial charge >= 0.3 is 6.09 Å². The number of hydrogen-bond donors (Lipinski definition) is 2. The minimum Gasteiger partial charge on any atom is -0.447 e. The number of amides is 2. The molecule has 3 heterocycles. The van der Waals surface area contributed by atoms with Gasteiger partial charge in [-0.1, -0.05) is 26.0 Å². The van der Waals surface area contributed by atoms with Gasteiger partial charge in [0, 0.05) is 13.2 Å². The molecular weight excluding hydrogens is 344 g/mol. The number of allylic oxidation sites excluding steroid dienone is 4. The molecule has 4 aliphatic rings. The molecule has 4 unspecified atom stereocenters. The van der Waals surface area contributed by atoms with Crippen molar-refractivity contribution in [3.05, 3.63) is 47.5 Å². The average Bonchev–Trinajstić information content (AvgIpc) is 3.23. The zero-order chi connectivity index (χ0) is 19.1. The van der Waals surface area contributed by atoms with E-state index in [1.54, 1.807) is 11.9 Å². The summed E-state index contributed by atoms with van der Waals surface area (Å²) in [5.41, 5.74) is 5.87. The van der Waals surface area contributed by atoms with Gasteiger partial charge < -0.3 is 10.1 Å². The van der Waals surface area contributed by atoms with Crippen molar-refractivity contribution >= 4 is 12.0 Å². The summed E-state index contributed by atoms with van der Waals surface area (Å²) in [6, 6.07) is -0.0827. The fourth-order valence-corrected chi connectivity index (χ4v) is 4.59. The number of hydrogen-bond acceptors (Lipinski definition) is 5. The second-order valence-corrected chi connectivity index (χ2v) is 7.59. The summed E-state index contributed by atoms with van der Waals surface area (Å²) in [5.74, 6) is 1.07. The van der Waals surface area contributed by atoms with Crippen LogP contribution in [0.1, 0.15) is 20.3 Å². The van der Waals surface area contributed by atoms with Crippen LogP contribution in [0.3, 0.4) is 0 Å². The SMILES string of the molecule is CNC(=O)C1=C2C=CC(N3CCOC3=O)=CN2NC1C1C(C)C=CCC1C. The molecule has 7 heteroatoms. The number of carbonyl (C=O) groups excluding carboxylic acids is 2. The quantitative estimate of drug-likeness (QED) is 0.742. The van der Waals surface area contributed by atoms with Crippen LogP contribution in [0.4, 0.5) is 4.79 Å². The van der Waals surface area contributed by atoms with Gasteiger partial charge in [-0.05, 0) is 36.3 Å². The fourth-order valence-electron chi connectivity index (χ4n) is 4.59. The highest BCUT2D eigenvalue weighted by Crippen LogP contribution is 2.40. The third-order valence-electron chi connectivity index (χ3n) is 5.94. The summed E-state index contributed by atoms with van der Waals surface area (Å²) in [6.45, 7) is 5.39. The van der Waals surface area contributed by atoms with E-state index >= 15 is 0 Å². The summed E-state index contributed by atoms with van der Waals surface area (Å²) in [5, 5.41) is 4.67. The second kappa shape index (κ2) is 6.88. The van der Waals surface area contributed by atoms with Gasteiger partial charge in [-0.25, -0.2) is 10.2 Å². The lowest BCUT2D eigenvalue weighted by atomic mass is 9.71. The predicted octanol–water partition coefficient (Wildman–Crippen LogP) is 1.89. The largest absolute Gasteiger partial charge is 0.447 e. The Morgan fingerprint density at radius 2 is 2.15 bits per heavy atom. The van der Waals surface area contributed by atoms with Crippen LogP contribution in [0.15, 0.2) is 47.5 Å². The highest BCUT2D eigenvalue weighted by molar-refractivity contribution is 5.96. The number of nitrogens with one attached hydrogen (secondary N) is 2. The lowest BCUT2D eigenvalue weighted by molar-refractivity contribution is -0.117. The van der Waals surface area contributed by atoms with E-state index in [0.717, 1.165) is 23.4 Å². The van der Waals surface area contributed by atoms with Crippen LogP contribution in [-0.4, -0.2) is 48.2 Å². The third kappa shape index (κ3) is 2.96. The lowest BCUT2D eigenvalue weighted by Crippen LogP contribution is -2.46. The molecule has 144 valence electrons. The Morgan fingerprint density at radius 1 is 1.33 bits per heavy atom. The molecule has 3 aliphatic heterocycles. The normalized spacial score (nSPS) is 32.6. The number of carbonyl (C=O) groups is 2. The highest BCUT2D eigenvalue weighted by atomic mass is 16.6. The van der Waals surface area contributed by atoms with Crippen LogP contribution in [0.25, 0.3) is 0 Å². The first-order valence-electron chi connectivity index (χ1n) is 9.53. The first-order chi connectivity index (χ1) is 13.0. The van der Waals surface area contributed by atoms with E-state index in [1.165, 1.54) is 0 Å². The molecule has 4 atom stereocenters. The number of nitrogens with zero attached hydrogens (tertiary/aromatic N) is 2. The predicted molar refractivity (Wildman–Crippen MR) is 101 cm³/mol. The molecule has 27 heavy (non-hydrogen) atoms. The first-order valence-corrected chi connectivity index (χ1v) is 9.53. The Kier molecular flexibility index (Phi) is 4.55. The van der Waals surface area contributed by atoms with Crippen LogP contribution in [-0.2, 0) is 9.53 Å². The Labute approximate surface area is 159 Å². The Bertz CT molecular complexity index is 782. The van der Waals surface area contributed by atoms with Gasteiger partial charge in [0.25, 0.3) is 5.91 Å². The van der Waals surface area contributed by atoms with Crippen LogP contribution in [0, 0.1) is 17.8 Å². The number of likely N-dealkylation sites (N-methyl/N-ethyl adjacent to an activating group) is 1. The van der Waals surface area contributed by atoms with Crippen molar-refractivity contribution < 1.29 is 14.3 Å². The van der Waals surface area contributed by atoms with E-state index < -0.39 is 0 Å². The molecule has 0 aromatic carbocycles.